The zero-order valence-corrected chi connectivity index (χ0v) is 9.71. The molecule has 0 radical (unpaired) electrons. The average molecular weight is 275 g/mol. The van der Waals surface area contributed by atoms with Crippen LogP contribution in [0, 0.1) is 5.82 Å². The number of benzene rings is 1. The van der Waals surface area contributed by atoms with Crippen molar-refractivity contribution in [3.8, 4) is 0 Å². The molecule has 1 fully saturated rings. The van der Waals surface area contributed by atoms with Crippen LogP contribution in [-0.4, -0.2) is 17.8 Å². The Labute approximate surface area is 96.2 Å². The molecule has 2 nitrogen and oxygen atoms in total. The molecule has 0 aliphatic carbocycles. The molecule has 0 amide bonds. The summed E-state index contributed by atoms with van der Waals surface area (Å²) in [5.74, 6) is -0.276. The molecule has 1 heterocycles. The summed E-state index contributed by atoms with van der Waals surface area (Å²) < 4.78 is 19.1. The molecule has 4 heteroatoms. The first kappa shape index (κ1) is 11.0. The third kappa shape index (κ3) is 2.56. The van der Waals surface area contributed by atoms with Gasteiger partial charge in [0.2, 0.25) is 0 Å². The van der Waals surface area contributed by atoms with E-state index in [9.17, 15) is 9.50 Å². The van der Waals surface area contributed by atoms with Crippen molar-refractivity contribution in [3.63, 3.8) is 0 Å². The molecule has 1 N–H and O–H groups in total. The van der Waals surface area contributed by atoms with Crippen LogP contribution < -0.4 is 0 Å². The minimum absolute atomic E-state index is 0.135. The lowest BCUT2D eigenvalue weighted by Crippen LogP contribution is -2.23. The van der Waals surface area contributed by atoms with Crippen LogP contribution in [0.5, 0.6) is 0 Å². The highest BCUT2D eigenvalue weighted by atomic mass is 79.9. The van der Waals surface area contributed by atoms with E-state index in [0.717, 1.165) is 5.56 Å². The lowest BCUT2D eigenvalue weighted by atomic mass is 9.99. The molecule has 0 spiro atoms. The molecule has 82 valence electrons. The molecular weight excluding hydrogens is 263 g/mol. The normalized spacial score (nSPS) is 26.6. The van der Waals surface area contributed by atoms with Crippen molar-refractivity contribution in [3.05, 3.63) is 34.1 Å². The summed E-state index contributed by atoms with van der Waals surface area (Å²) in [6.45, 7) is 0.551. The zero-order valence-electron chi connectivity index (χ0n) is 8.12. The van der Waals surface area contributed by atoms with E-state index in [-0.39, 0.29) is 18.0 Å². The van der Waals surface area contributed by atoms with Crippen LogP contribution in [0.25, 0.3) is 0 Å². The van der Waals surface area contributed by atoms with Crippen molar-refractivity contribution in [2.24, 2.45) is 0 Å². The van der Waals surface area contributed by atoms with Gasteiger partial charge in [-0.3, -0.25) is 0 Å². The van der Waals surface area contributed by atoms with Gasteiger partial charge in [0.25, 0.3) is 0 Å². The molecule has 0 bridgehead atoms. The maximum atomic E-state index is 12.9. The van der Waals surface area contributed by atoms with Gasteiger partial charge in [0.05, 0.1) is 12.2 Å². The number of aliphatic hydroxyl groups excluding tert-OH is 1. The van der Waals surface area contributed by atoms with Crippen molar-refractivity contribution in [1.29, 1.82) is 0 Å². The van der Waals surface area contributed by atoms with E-state index in [4.69, 9.17) is 4.74 Å². The maximum Gasteiger partial charge on any atom is 0.124 e. The Morgan fingerprint density at radius 2 is 2.27 bits per heavy atom. The largest absolute Gasteiger partial charge is 0.393 e. The van der Waals surface area contributed by atoms with Gasteiger partial charge in [-0.25, -0.2) is 4.39 Å². The standard InChI is InChI=1S/C11H12BrFO2/c12-10-5-7(13)1-2-9(10)11-6-8(14)3-4-15-11/h1-2,5,8,11,14H,3-4,6H2. The van der Waals surface area contributed by atoms with E-state index in [0.29, 0.717) is 23.9 Å². The van der Waals surface area contributed by atoms with Gasteiger partial charge in [-0.2, -0.15) is 0 Å². The fourth-order valence-corrected chi connectivity index (χ4v) is 2.36. The summed E-state index contributed by atoms with van der Waals surface area (Å²) in [5.41, 5.74) is 0.898. The summed E-state index contributed by atoms with van der Waals surface area (Å²) in [5, 5.41) is 9.52. The Kier molecular flexibility index (Phi) is 3.38. The molecular formula is C11H12BrFO2. The SMILES string of the molecule is OC1CCOC(c2ccc(F)cc2Br)C1. The van der Waals surface area contributed by atoms with Crippen LogP contribution in [0.15, 0.2) is 22.7 Å². The summed E-state index contributed by atoms with van der Waals surface area (Å²) in [6.07, 6.45) is 0.795. The Balaban J connectivity index is 2.21. The molecule has 1 aliphatic rings. The molecule has 0 aromatic heterocycles. The molecule has 2 atom stereocenters. The van der Waals surface area contributed by atoms with Gasteiger partial charge in [-0.1, -0.05) is 22.0 Å². The lowest BCUT2D eigenvalue weighted by molar-refractivity contribution is -0.0451. The van der Waals surface area contributed by atoms with Crippen LogP contribution in [0.3, 0.4) is 0 Å². The second kappa shape index (κ2) is 4.60. The Morgan fingerprint density at radius 1 is 1.47 bits per heavy atom. The van der Waals surface area contributed by atoms with Gasteiger partial charge in [-0.15, -0.1) is 0 Å². The van der Waals surface area contributed by atoms with Crippen LogP contribution in [0.1, 0.15) is 24.5 Å². The van der Waals surface area contributed by atoms with Crippen LogP contribution in [-0.2, 0) is 4.74 Å². The van der Waals surface area contributed by atoms with E-state index in [2.05, 4.69) is 15.9 Å². The van der Waals surface area contributed by atoms with Crippen molar-refractivity contribution in [1.82, 2.24) is 0 Å². The number of rotatable bonds is 1. The zero-order chi connectivity index (χ0) is 10.8. The number of hydrogen-bond donors (Lipinski definition) is 1. The first-order valence-electron chi connectivity index (χ1n) is 4.91. The predicted octanol–water partition coefficient (Wildman–Crippen LogP) is 2.80. The quantitative estimate of drug-likeness (QED) is 0.854. The minimum atomic E-state index is -0.319. The Morgan fingerprint density at radius 3 is 2.93 bits per heavy atom. The first-order valence-corrected chi connectivity index (χ1v) is 5.70. The topological polar surface area (TPSA) is 29.5 Å². The van der Waals surface area contributed by atoms with Crippen molar-refractivity contribution in [2.75, 3.05) is 6.61 Å². The van der Waals surface area contributed by atoms with Crippen molar-refractivity contribution >= 4 is 15.9 Å². The average Bonchev–Trinajstić information content (AvgIpc) is 2.17. The van der Waals surface area contributed by atoms with E-state index in [1.807, 2.05) is 0 Å². The summed E-state index contributed by atoms with van der Waals surface area (Å²) >= 11 is 3.30. The van der Waals surface area contributed by atoms with E-state index >= 15 is 0 Å². The molecule has 1 aromatic carbocycles. The fraction of sp³-hybridized carbons (Fsp3) is 0.455. The fourth-order valence-electron chi connectivity index (χ4n) is 1.76. The van der Waals surface area contributed by atoms with E-state index in [1.54, 1.807) is 6.07 Å². The van der Waals surface area contributed by atoms with Gasteiger partial charge >= 0.3 is 0 Å². The predicted molar refractivity (Wildman–Crippen MR) is 58.0 cm³/mol. The van der Waals surface area contributed by atoms with E-state index in [1.165, 1.54) is 12.1 Å². The van der Waals surface area contributed by atoms with Crippen LogP contribution in [0.2, 0.25) is 0 Å². The van der Waals surface area contributed by atoms with Gasteiger partial charge in [-0.05, 0) is 24.1 Å². The highest BCUT2D eigenvalue weighted by Crippen LogP contribution is 2.33. The third-order valence-electron chi connectivity index (χ3n) is 2.57. The van der Waals surface area contributed by atoms with Crippen LogP contribution in [0.4, 0.5) is 4.39 Å². The lowest BCUT2D eigenvalue weighted by Gasteiger charge is -2.27. The maximum absolute atomic E-state index is 12.9. The van der Waals surface area contributed by atoms with Gasteiger partial charge in [0, 0.05) is 17.5 Å². The van der Waals surface area contributed by atoms with Gasteiger partial charge in [0.15, 0.2) is 0 Å². The molecule has 15 heavy (non-hydrogen) atoms. The highest BCUT2D eigenvalue weighted by Gasteiger charge is 2.23. The third-order valence-corrected chi connectivity index (χ3v) is 3.25. The molecule has 2 unspecified atom stereocenters. The monoisotopic (exact) mass is 274 g/mol. The minimum Gasteiger partial charge on any atom is -0.393 e. The molecule has 1 aromatic rings. The van der Waals surface area contributed by atoms with Crippen molar-refractivity contribution < 1.29 is 14.2 Å². The highest BCUT2D eigenvalue weighted by molar-refractivity contribution is 9.10. The van der Waals surface area contributed by atoms with Crippen LogP contribution >= 0.6 is 15.9 Å². The summed E-state index contributed by atoms with van der Waals surface area (Å²) in [6, 6.07) is 4.52. The number of hydrogen-bond acceptors (Lipinski definition) is 2. The van der Waals surface area contributed by atoms with E-state index < -0.39 is 0 Å². The Bertz CT molecular complexity index is 356. The second-order valence-electron chi connectivity index (χ2n) is 3.70. The molecule has 2 rings (SSSR count). The summed E-state index contributed by atoms with van der Waals surface area (Å²) in [4.78, 5) is 0. The van der Waals surface area contributed by atoms with Gasteiger partial charge in [0.1, 0.15) is 5.82 Å². The van der Waals surface area contributed by atoms with Crippen molar-refractivity contribution in [2.45, 2.75) is 25.0 Å². The second-order valence-corrected chi connectivity index (χ2v) is 4.56. The molecule has 1 saturated heterocycles. The smallest absolute Gasteiger partial charge is 0.124 e. The number of aliphatic hydroxyl groups is 1. The number of ether oxygens (including phenoxy) is 1. The molecule has 0 saturated carbocycles. The molecule has 1 aliphatic heterocycles. The van der Waals surface area contributed by atoms with Gasteiger partial charge < -0.3 is 9.84 Å². The first-order chi connectivity index (χ1) is 7.16. The number of halogens is 2. The Hall–Kier alpha value is -0.450. The summed E-state index contributed by atoms with van der Waals surface area (Å²) in [7, 11) is 0.